The summed E-state index contributed by atoms with van der Waals surface area (Å²) in [5.41, 5.74) is 0. The molecule has 9 nitrogen and oxygen atoms in total. The van der Waals surface area contributed by atoms with Crippen LogP contribution in [0.5, 0.6) is 0 Å². The van der Waals surface area contributed by atoms with Gasteiger partial charge in [-0.3, -0.25) is 4.79 Å². The molecular weight excluding hydrogens is 340 g/mol. The fraction of sp³-hybridized carbons (Fsp3) is 0.571. The largest absolute Gasteiger partial charge is 0.480 e. The van der Waals surface area contributed by atoms with E-state index in [1.165, 1.54) is 17.3 Å². The zero-order valence-electron chi connectivity index (χ0n) is 13.3. The van der Waals surface area contributed by atoms with E-state index in [0.29, 0.717) is 13.1 Å². The molecule has 1 aliphatic rings. The number of carboxylic acids is 1. The molecule has 0 radical (unpaired) electrons. The van der Waals surface area contributed by atoms with Crippen molar-refractivity contribution in [1.29, 1.82) is 0 Å². The minimum absolute atomic E-state index is 0.00308. The van der Waals surface area contributed by atoms with Gasteiger partial charge >= 0.3 is 5.97 Å². The first-order valence-electron chi connectivity index (χ1n) is 7.50. The topological polar surface area (TPSA) is 126 Å². The van der Waals surface area contributed by atoms with Crippen molar-refractivity contribution in [3.05, 3.63) is 17.6 Å². The summed E-state index contributed by atoms with van der Waals surface area (Å²) >= 11 is 0. The molecule has 0 aliphatic carbocycles. The number of nitrogens with zero attached hydrogens (tertiary/aromatic N) is 1. The Labute approximate surface area is 139 Å². The molecular formula is C14H20N2O7S. The zero-order valence-corrected chi connectivity index (χ0v) is 14.1. The molecule has 134 valence electrons. The highest BCUT2D eigenvalue weighted by atomic mass is 32.2. The fourth-order valence-corrected chi connectivity index (χ4v) is 4.06. The lowest BCUT2D eigenvalue weighted by atomic mass is 10.4. The molecule has 0 unspecified atom stereocenters. The number of aryl methyl sites for hydroxylation is 1. The van der Waals surface area contributed by atoms with Gasteiger partial charge in [-0.1, -0.05) is 0 Å². The number of rotatable bonds is 8. The molecule has 1 saturated heterocycles. The van der Waals surface area contributed by atoms with E-state index in [-0.39, 0.29) is 29.6 Å². The van der Waals surface area contributed by atoms with Gasteiger partial charge in [-0.05, 0) is 19.8 Å². The Morgan fingerprint density at radius 1 is 1.38 bits per heavy atom. The lowest BCUT2D eigenvalue weighted by Crippen LogP contribution is -2.28. The summed E-state index contributed by atoms with van der Waals surface area (Å²) in [6.45, 7) is 2.09. The highest BCUT2D eigenvalue weighted by Crippen LogP contribution is 2.26. The Morgan fingerprint density at radius 3 is 2.67 bits per heavy atom. The Bertz CT molecular complexity index is 705. The summed E-state index contributed by atoms with van der Waals surface area (Å²) in [4.78, 5) is 22.2. The number of carbonyl (C=O) groups is 2. The van der Waals surface area contributed by atoms with E-state index in [1.54, 1.807) is 0 Å². The van der Waals surface area contributed by atoms with Gasteiger partial charge in [0.05, 0.1) is 6.61 Å². The van der Waals surface area contributed by atoms with Gasteiger partial charge in [0.2, 0.25) is 10.0 Å². The number of carboxylic acid groups (broad SMARTS) is 1. The van der Waals surface area contributed by atoms with E-state index in [1.807, 2.05) is 0 Å². The first-order chi connectivity index (χ1) is 11.3. The first-order valence-corrected chi connectivity index (χ1v) is 8.94. The van der Waals surface area contributed by atoms with E-state index < -0.39 is 28.5 Å². The molecule has 1 amide bonds. The quantitative estimate of drug-likeness (QED) is 0.634. The number of aliphatic carboxylic acids is 1. The number of nitrogens with one attached hydrogen (secondary N) is 1. The van der Waals surface area contributed by atoms with E-state index in [0.717, 1.165) is 12.8 Å². The normalized spacial score (nSPS) is 15.5. The van der Waals surface area contributed by atoms with Crippen LogP contribution in [0.25, 0.3) is 0 Å². The molecule has 2 rings (SSSR count). The molecule has 0 atom stereocenters. The molecule has 1 aliphatic heterocycles. The summed E-state index contributed by atoms with van der Waals surface area (Å²) in [5, 5.41) is 10.9. The van der Waals surface area contributed by atoms with Crippen molar-refractivity contribution in [3.63, 3.8) is 0 Å². The molecule has 0 saturated carbocycles. The Kier molecular flexibility index (Phi) is 5.97. The average molecular weight is 360 g/mol. The fourth-order valence-electron chi connectivity index (χ4n) is 2.38. The maximum Gasteiger partial charge on any atom is 0.329 e. The number of hydrogen-bond donors (Lipinski definition) is 2. The van der Waals surface area contributed by atoms with Crippen molar-refractivity contribution in [2.75, 3.05) is 32.8 Å². The average Bonchev–Trinajstić information content (AvgIpc) is 3.16. The van der Waals surface area contributed by atoms with Crippen molar-refractivity contribution in [2.24, 2.45) is 0 Å². The summed E-state index contributed by atoms with van der Waals surface area (Å²) in [5.74, 6) is -1.63. The van der Waals surface area contributed by atoms with Crippen molar-refractivity contribution in [2.45, 2.75) is 24.7 Å². The van der Waals surface area contributed by atoms with Gasteiger partial charge in [-0.2, -0.15) is 4.31 Å². The highest BCUT2D eigenvalue weighted by molar-refractivity contribution is 7.89. The summed E-state index contributed by atoms with van der Waals surface area (Å²) < 4.78 is 36.5. The molecule has 1 aromatic heterocycles. The third-order valence-electron chi connectivity index (χ3n) is 3.54. The standard InChI is InChI=1S/C14H20N2O7S/c1-10-12(24(20,21)16-5-2-3-6-16)8-11(23-10)14(19)15-4-7-22-9-13(17)18/h8H,2-7,9H2,1H3,(H,15,19)(H,17,18). The smallest absolute Gasteiger partial charge is 0.329 e. The number of carbonyl (C=O) groups excluding carboxylic acids is 1. The van der Waals surface area contributed by atoms with Gasteiger partial charge in [-0.25, -0.2) is 13.2 Å². The zero-order chi connectivity index (χ0) is 17.7. The van der Waals surface area contributed by atoms with Gasteiger partial charge < -0.3 is 19.6 Å². The van der Waals surface area contributed by atoms with E-state index in [9.17, 15) is 18.0 Å². The first kappa shape index (κ1) is 18.4. The SMILES string of the molecule is Cc1oc(C(=O)NCCOCC(=O)O)cc1S(=O)(=O)N1CCCC1. The molecule has 0 spiro atoms. The van der Waals surface area contributed by atoms with E-state index in [2.05, 4.69) is 5.32 Å². The van der Waals surface area contributed by atoms with Crippen LogP contribution >= 0.6 is 0 Å². The van der Waals surface area contributed by atoms with Gasteiger partial charge in [0, 0.05) is 25.7 Å². The van der Waals surface area contributed by atoms with Crippen LogP contribution in [-0.4, -0.2) is 62.6 Å². The minimum atomic E-state index is -3.65. The molecule has 1 aromatic rings. The van der Waals surface area contributed by atoms with Gasteiger partial charge in [0.15, 0.2) is 5.76 Å². The second-order valence-electron chi connectivity index (χ2n) is 5.34. The summed E-state index contributed by atoms with van der Waals surface area (Å²) in [6.07, 6.45) is 1.64. The third-order valence-corrected chi connectivity index (χ3v) is 5.54. The monoisotopic (exact) mass is 360 g/mol. The molecule has 0 aromatic carbocycles. The van der Waals surface area contributed by atoms with Crippen molar-refractivity contribution < 1.29 is 32.3 Å². The minimum Gasteiger partial charge on any atom is -0.480 e. The van der Waals surface area contributed by atoms with Crippen LogP contribution in [0.4, 0.5) is 0 Å². The highest BCUT2D eigenvalue weighted by Gasteiger charge is 2.31. The molecule has 24 heavy (non-hydrogen) atoms. The second-order valence-corrected chi connectivity index (χ2v) is 7.25. The van der Waals surface area contributed by atoms with Gasteiger partial charge in [-0.15, -0.1) is 0 Å². The number of hydrogen-bond acceptors (Lipinski definition) is 6. The van der Waals surface area contributed by atoms with E-state index in [4.69, 9.17) is 14.3 Å². The molecule has 10 heteroatoms. The van der Waals surface area contributed by atoms with Crippen LogP contribution in [0.1, 0.15) is 29.2 Å². The molecule has 0 bridgehead atoms. The van der Waals surface area contributed by atoms with Crippen LogP contribution < -0.4 is 5.32 Å². The molecule has 2 N–H and O–H groups in total. The van der Waals surface area contributed by atoms with Gasteiger partial charge in [0.25, 0.3) is 5.91 Å². The maximum absolute atomic E-state index is 12.5. The number of ether oxygens (including phenoxy) is 1. The van der Waals surface area contributed by atoms with Crippen LogP contribution in [-0.2, 0) is 19.6 Å². The summed E-state index contributed by atoms with van der Waals surface area (Å²) in [6, 6.07) is 1.22. The Hall–Kier alpha value is -1.91. The number of sulfonamides is 1. The number of amides is 1. The molecule has 1 fully saturated rings. The lowest BCUT2D eigenvalue weighted by Gasteiger charge is -2.14. The van der Waals surface area contributed by atoms with Crippen LogP contribution in [0.15, 0.2) is 15.4 Å². The predicted molar refractivity (Wildman–Crippen MR) is 82.2 cm³/mol. The van der Waals surface area contributed by atoms with Crippen molar-refractivity contribution in [3.8, 4) is 0 Å². The third kappa shape index (κ3) is 4.34. The van der Waals surface area contributed by atoms with Crippen LogP contribution in [0, 0.1) is 6.92 Å². The lowest BCUT2D eigenvalue weighted by molar-refractivity contribution is -0.142. The Morgan fingerprint density at radius 2 is 2.04 bits per heavy atom. The van der Waals surface area contributed by atoms with Crippen molar-refractivity contribution in [1.82, 2.24) is 9.62 Å². The maximum atomic E-state index is 12.5. The van der Waals surface area contributed by atoms with Crippen LogP contribution in [0.3, 0.4) is 0 Å². The Balaban J connectivity index is 1.97. The van der Waals surface area contributed by atoms with Crippen LogP contribution in [0.2, 0.25) is 0 Å². The van der Waals surface area contributed by atoms with E-state index >= 15 is 0 Å². The number of furan rings is 1. The second kappa shape index (κ2) is 7.77. The summed E-state index contributed by atoms with van der Waals surface area (Å²) in [7, 11) is -3.65. The molecule has 2 heterocycles. The van der Waals surface area contributed by atoms with Crippen molar-refractivity contribution >= 4 is 21.9 Å². The van der Waals surface area contributed by atoms with Gasteiger partial charge in [0.1, 0.15) is 17.3 Å². The predicted octanol–water partition coefficient (Wildman–Crippen LogP) is 0.204.